The maximum atomic E-state index is 13.2. The van der Waals surface area contributed by atoms with Gasteiger partial charge in [0.15, 0.2) is 0 Å². The van der Waals surface area contributed by atoms with Gasteiger partial charge in [0, 0.05) is 53.6 Å². The maximum absolute atomic E-state index is 13.2. The van der Waals surface area contributed by atoms with Crippen LogP contribution in [0.15, 0.2) is 96.5 Å². The number of aromatic nitrogens is 3. The van der Waals surface area contributed by atoms with Gasteiger partial charge in [-0.2, -0.15) is 0 Å². The van der Waals surface area contributed by atoms with E-state index in [-0.39, 0.29) is 17.6 Å². The number of rotatable bonds is 10. The van der Waals surface area contributed by atoms with Crippen molar-refractivity contribution in [3.8, 4) is 28.1 Å². The van der Waals surface area contributed by atoms with Crippen LogP contribution in [0.2, 0.25) is 0 Å². The van der Waals surface area contributed by atoms with Crippen molar-refractivity contribution >= 4 is 34.3 Å². The summed E-state index contributed by atoms with van der Waals surface area (Å²) in [5.74, 6) is 0.383. The molecule has 3 aromatic carbocycles. The summed E-state index contributed by atoms with van der Waals surface area (Å²) in [4.78, 5) is 39.7. The Morgan fingerprint density at radius 1 is 0.976 bits per heavy atom. The van der Waals surface area contributed by atoms with Crippen LogP contribution in [0.1, 0.15) is 11.1 Å². The van der Waals surface area contributed by atoms with Gasteiger partial charge in [-0.1, -0.05) is 42.5 Å². The topological polar surface area (TPSA) is 106 Å². The average molecular weight is 578 g/mol. The van der Waals surface area contributed by atoms with Crippen molar-refractivity contribution in [2.24, 2.45) is 0 Å². The molecule has 2 N–H and O–H groups in total. The Labute approximate surface area is 249 Å². The van der Waals surface area contributed by atoms with E-state index in [0.717, 1.165) is 54.9 Å². The molecule has 0 aliphatic rings. The number of carbonyl (C=O) groups is 2. The summed E-state index contributed by atoms with van der Waals surface area (Å²) in [6.45, 7) is 1.96. The molecule has 0 aliphatic carbocycles. The number of likely N-dealkylation sites (N-methyl/N-ethyl adjacent to an activating group) is 1. The molecule has 2 amide bonds. The van der Waals surface area contributed by atoms with Crippen LogP contribution < -0.4 is 15.4 Å². The standard InChI is InChI=1S/C33H31N5O3S/c1-21-8-9-22(15-29(21)41-3)14-28(33(40)34-2)38-31(39)19-42-30-11-10-23-6-4-5-7-26(23)32(30)25-16-24(17-36-18-25)27-12-13-35-20-37-27/h4-13,15-18,20,28H,14,19H2,1-3H3,(H,34,40)(H,38,39)/t28-/m0/s1. The second kappa shape index (κ2) is 13.3. The summed E-state index contributed by atoms with van der Waals surface area (Å²) in [6.07, 6.45) is 7.17. The monoisotopic (exact) mass is 577 g/mol. The number of benzene rings is 3. The molecule has 0 aliphatic heterocycles. The number of hydrogen-bond donors (Lipinski definition) is 2. The number of nitrogens with one attached hydrogen (secondary N) is 2. The van der Waals surface area contributed by atoms with Crippen molar-refractivity contribution in [2.75, 3.05) is 19.9 Å². The zero-order chi connectivity index (χ0) is 29.5. The SMILES string of the molecule is CNC(=O)[C@H](Cc1ccc(C)c(OC)c1)NC(=O)CSc1ccc2ccccc2c1-c1cncc(-c2ccncn2)c1. The van der Waals surface area contributed by atoms with E-state index in [1.165, 1.54) is 18.1 Å². The summed E-state index contributed by atoms with van der Waals surface area (Å²) >= 11 is 1.42. The highest BCUT2D eigenvalue weighted by atomic mass is 32.2. The predicted octanol–water partition coefficient (Wildman–Crippen LogP) is 5.24. The van der Waals surface area contributed by atoms with E-state index in [1.54, 1.807) is 26.6 Å². The summed E-state index contributed by atoms with van der Waals surface area (Å²) in [5.41, 5.74) is 5.46. The van der Waals surface area contributed by atoms with Gasteiger partial charge < -0.3 is 15.4 Å². The molecule has 5 rings (SSSR count). The first-order valence-electron chi connectivity index (χ1n) is 13.5. The van der Waals surface area contributed by atoms with Crippen molar-refractivity contribution in [3.63, 3.8) is 0 Å². The molecule has 5 aromatic rings. The first-order chi connectivity index (χ1) is 20.5. The van der Waals surface area contributed by atoms with Crippen molar-refractivity contribution in [1.29, 1.82) is 0 Å². The highest BCUT2D eigenvalue weighted by Gasteiger charge is 2.21. The van der Waals surface area contributed by atoms with Crippen LogP contribution in [0.3, 0.4) is 0 Å². The Morgan fingerprint density at radius 3 is 2.60 bits per heavy atom. The van der Waals surface area contributed by atoms with Gasteiger partial charge in [0.1, 0.15) is 18.1 Å². The lowest BCUT2D eigenvalue weighted by Crippen LogP contribution is -2.47. The van der Waals surface area contributed by atoms with Crippen LogP contribution in [0.5, 0.6) is 5.75 Å². The summed E-state index contributed by atoms with van der Waals surface area (Å²) in [6, 6.07) is 21.2. The molecule has 0 unspecified atom stereocenters. The van der Waals surface area contributed by atoms with E-state index in [9.17, 15) is 9.59 Å². The lowest BCUT2D eigenvalue weighted by Gasteiger charge is -2.19. The second-order valence-corrected chi connectivity index (χ2v) is 10.8. The summed E-state index contributed by atoms with van der Waals surface area (Å²) in [5, 5.41) is 7.73. The van der Waals surface area contributed by atoms with E-state index in [1.807, 2.05) is 55.6 Å². The maximum Gasteiger partial charge on any atom is 0.242 e. The molecule has 212 valence electrons. The third-order valence-electron chi connectivity index (χ3n) is 6.96. The third-order valence-corrected chi connectivity index (χ3v) is 8.02. The fraction of sp³-hybridized carbons (Fsp3) is 0.182. The average Bonchev–Trinajstić information content (AvgIpc) is 3.04. The molecule has 8 nitrogen and oxygen atoms in total. The molecule has 0 saturated carbocycles. The Bertz CT molecular complexity index is 1730. The summed E-state index contributed by atoms with van der Waals surface area (Å²) in [7, 11) is 3.18. The Morgan fingerprint density at radius 2 is 1.81 bits per heavy atom. The van der Waals surface area contributed by atoms with Crippen LogP contribution in [0.25, 0.3) is 33.2 Å². The zero-order valence-electron chi connectivity index (χ0n) is 23.6. The number of nitrogens with zero attached hydrogens (tertiary/aromatic N) is 3. The molecule has 2 aromatic heterocycles. The summed E-state index contributed by atoms with van der Waals surface area (Å²) < 4.78 is 5.43. The largest absolute Gasteiger partial charge is 0.496 e. The Balaban J connectivity index is 1.39. The van der Waals surface area contributed by atoms with Gasteiger partial charge in [-0.15, -0.1) is 11.8 Å². The van der Waals surface area contributed by atoms with Crippen LogP contribution in [0, 0.1) is 6.92 Å². The number of amides is 2. The second-order valence-electron chi connectivity index (χ2n) is 9.75. The van der Waals surface area contributed by atoms with Gasteiger partial charge in [0.2, 0.25) is 11.8 Å². The lowest BCUT2D eigenvalue weighted by atomic mass is 9.98. The van der Waals surface area contributed by atoms with Crippen molar-refractivity contribution in [3.05, 3.63) is 103 Å². The highest BCUT2D eigenvalue weighted by molar-refractivity contribution is 8.00. The Kier molecular flexibility index (Phi) is 9.08. The van der Waals surface area contributed by atoms with Crippen LogP contribution >= 0.6 is 11.8 Å². The predicted molar refractivity (Wildman–Crippen MR) is 166 cm³/mol. The van der Waals surface area contributed by atoms with E-state index in [2.05, 4.69) is 49.9 Å². The van der Waals surface area contributed by atoms with Gasteiger partial charge in [-0.25, -0.2) is 9.97 Å². The molecule has 0 bridgehead atoms. The quantitative estimate of drug-likeness (QED) is 0.219. The third kappa shape index (κ3) is 6.58. The van der Waals surface area contributed by atoms with Crippen molar-refractivity contribution in [2.45, 2.75) is 24.3 Å². The van der Waals surface area contributed by atoms with E-state index in [4.69, 9.17) is 4.74 Å². The van der Waals surface area contributed by atoms with Gasteiger partial charge >= 0.3 is 0 Å². The van der Waals surface area contributed by atoms with E-state index >= 15 is 0 Å². The van der Waals surface area contributed by atoms with Crippen LogP contribution in [-0.4, -0.2) is 52.7 Å². The molecule has 42 heavy (non-hydrogen) atoms. The minimum absolute atomic E-state index is 0.134. The van der Waals surface area contributed by atoms with Gasteiger partial charge in [0.05, 0.1) is 18.6 Å². The number of methoxy groups -OCH3 is 1. The smallest absolute Gasteiger partial charge is 0.242 e. The molecule has 0 radical (unpaired) electrons. The number of hydrogen-bond acceptors (Lipinski definition) is 7. The van der Waals surface area contributed by atoms with Crippen molar-refractivity contribution < 1.29 is 14.3 Å². The minimum Gasteiger partial charge on any atom is -0.496 e. The number of ether oxygens (including phenoxy) is 1. The lowest BCUT2D eigenvalue weighted by molar-refractivity contribution is -0.127. The minimum atomic E-state index is -0.722. The van der Waals surface area contributed by atoms with Gasteiger partial charge in [-0.05, 0) is 53.1 Å². The molecule has 0 saturated heterocycles. The molecule has 9 heteroatoms. The van der Waals surface area contributed by atoms with Gasteiger partial charge in [0.25, 0.3) is 0 Å². The molecule has 2 heterocycles. The number of carbonyl (C=O) groups excluding carboxylic acids is 2. The van der Waals surface area contributed by atoms with Crippen LogP contribution in [-0.2, 0) is 16.0 Å². The molecule has 0 spiro atoms. The first kappa shape index (κ1) is 28.8. The molecule has 0 fully saturated rings. The van der Waals surface area contributed by atoms with Gasteiger partial charge in [-0.3, -0.25) is 14.6 Å². The number of thioether (sulfide) groups is 1. The normalized spacial score (nSPS) is 11.6. The fourth-order valence-corrected chi connectivity index (χ4v) is 5.74. The Hall–Kier alpha value is -4.76. The molecular weight excluding hydrogens is 546 g/mol. The van der Waals surface area contributed by atoms with E-state index in [0.29, 0.717) is 6.42 Å². The molecular formula is C33H31N5O3S. The van der Waals surface area contributed by atoms with E-state index < -0.39 is 6.04 Å². The fourth-order valence-electron chi connectivity index (χ4n) is 4.84. The molecule has 1 atom stereocenters. The number of pyridine rings is 1. The highest BCUT2D eigenvalue weighted by Crippen LogP contribution is 2.38. The van der Waals surface area contributed by atoms with Crippen molar-refractivity contribution in [1.82, 2.24) is 25.6 Å². The number of fused-ring (bicyclic) bond motifs is 1. The first-order valence-corrected chi connectivity index (χ1v) is 14.5. The number of aryl methyl sites for hydroxylation is 1. The zero-order valence-corrected chi connectivity index (χ0v) is 24.4. The van der Waals surface area contributed by atoms with Crippen LogP contribution in [0.4, 0.5) is 0 Å².